The van der Waals surface area contributed by atoms with E-state index in [1.54, 1.807) is 7.11 Å². The Balaban J connectivity index is 1.65. The molecule has 0 spiro atoms. The lowest BCUT2D eigenvalue weighted by Crippen LogP contribution is -2.60. The summed E-state index contributed by atoms with van der Waals surface area (Å²) < 4.78 is 16.5. The fraction of sp³-hybridized carbons (Fsp3) is 1.00. The van der Waals surface area contributed by atoms with Crippen LogP contribution < -0.4 is 5.32 Å². The minimum atomic E-state index is 0.231. The second-order valence-electron chi connectivity index (χ2n) is 5.00. The Morgan fingerprint density at radius 3 is 2.71 bits per heavy atom. The molecule has 1 saturated heterocycles. The van der Waals surface area contributed by atoms with Crippen molar-refractivity contribution in [1.82, 2.24) is 5.32 Å². The SMILES string of the molecule is CCOC1CC(NCC2CCOCC2)C1OC. The summed E-state index contributed by atoms with van der Waals surface area (Å²) in [5.41, 5.74) is 0. The summed E-state index contributed by atoms with van der Waals surface area (Å²) in [6, 6.07) is 0.472. The zero-order valence-electron chi connectivity index (χ0n) is 11.0. The topological polar surface area (TPSA) is 39.7 Å². The summed E-state index contributed by atoms with van der Waals surface area (Å²) in [5.74, 6) is 0.771. The first-order chi connectivity index (χ1) is 8.35. The van der Waals surface area contributed by atoms with Crippen LogP contribution >= 0.6 is 0 Å². The zero-order chi connectivity index (χ0) is 12.1. The quantitative estimate of drug-likeness (QED) is 0.761. The van der Waals surface area contributed by atoms with Crippen LogP contribution in [0.4, 0.5) is 0 Å². The summed E-state index contributed by atoms with van der Waals surface area (Å²) in [4.78, 5) is 0. The number of rotatable bonds is 6. The molecule has 4 nitrogen and oxygen atoms in total. The van der Waals surface area contributed by atoms with Crippen molar-refractivity contribution >= 4 is 0 Å². The Morgan fingerprint density at radius 2 is 2.06 bits per heavy atom. The summed E-state index contributed by atoms with van der Waals surface area (Å²) in [6.07, 6.45) is 3.97. The molecule has 0 aromatic carbocycles. The summed E-state index contributed by atoms with van der Waals surface area (Å²) >= 11 is 0. The van der Waals surface area contributed by atoms with Gasteiger partial charge in [0.1, 0.15) is 0 Å². The molecular weight excluding hydrogens is 218 g/mol. The third-order valence-electron chi connectivity index (χ3n) is 3.91. The largest absolute Gasteiger partial charge is 0.381 e. The van der Waals surface area contributed by atoms with Crippen LogP contribution in [0, 0.1) is 5.92 Å². The second kappa shape index (κ2) is 6.69. The third-order valence-corrected chi connectivity index (χ3v) is 3.91. The lowest BCUT2D eigenvalue weighted by Gasteiger charge is -2.44. The van der Waals surface area contributed by atoms with Crippen molar-refractivity contribution in [3.05, 3.63) is 0 Å². The molecule has 1 N–H and O–H groups in total. The molecule has 0 radical (unpaired) electrons. The number of nitrogens with one attached hydrogen (secondary N) is 1. The van der Waals surface area contributed by atoms with Gasteiger partial charge in [0.15, 0.2) is 0 Å². The van der Waals surface area contributed by atoms with E-state index < -0.39 is 0 Å². The molecule has 0 amide bonds. The molecule has 100 valence electrons. The van der Waals surface area contributed by atoms with Gasteiger partial charge in [-0.05, 0) is 38.6 Å². The van der Waals surface area contributed by atoms with E-state index in [-0.39, 0.29) is 12.2 Å². The van der Waals surface area contributed by atoms with Crippen molar-refractivity contribution in [1.29, 1.82) is 0 Å². The number of methoxy groups -OCH3 is 1. The summed E-state index contributed by atoms with van der Waals surface area (Å²) in [6.45, 7) is 5.75. The molecule has 1 aliphatic heterocycles. The molecule has 1 saturated carbocycles. The average molecular weight is 243 g/mol. The van der Waals surface area contributed by atoms with Gasteiger partial charge in [-0.15, -0.1) is 0 Å². The van der Waals surface area contributed by atoms with E-state index in [2.05, 4.69) is 5.32 Å². The Hall–Kier alpha value is -0.160. The molecule has 0 bridgehead atoms. The predicted molar refractivity (Wildman–Crippen MR) is 66.2 cm³/mol. The highest BCUT2D eigenvalue weighted by atomic mass is 16.5. The van der Waals surface area contributed by atoms with Crippen LogP contribution in [0.2, 0.25) is 0 Å². The minimum Gasteiger partial charge on any atom is -0.381 e. The van der Waals surface area contributed by atoms with E-state index in [4.69, 9.17) is 14.2 Å². The minimum absolute atomic E-state index is 0.231. The second-order valence-corrected chi connectivity index (χ2v) is 5.00. The van der Waals surface area contributed by atoms with Gasteiger partial charge in [0.25, 0.3) is 0 Å². The highest BCUT2D eigenvalue weighted by molar-refractivity contribution is 4.97. The van der Waals surface area contributed by atoms with Gasteiger partial charge in [-0.25, -0.2) is 0 Å². The molecule has 17 heavy (non-hydrogen) atoms. The smallest absolute Gasteiger partial charge is 0.0986 e. The first kappa shape index (κ1) is 13.3. The van der Waals surface area contributed by atoms with Gasteiger partial charge in [0.2, 0.25) is 0 Å². The molecule has 0 aromatic heterocycles. The van der Waals surface area contributed by atoms with Crippen LogP contribution in [0.5, 0.6) is 0 Å². The Morgan fingerprint density at radius 1 is 1.29 bits per heavy atom. The molecular formula is C13H25NO3. The first-order valence-corrected chi connectivity index (χ1v) is 6.80. The van der Waals surface area contributed by atoms with Crippen LogP contribution in [0.3, 0.4) is 0 Å². The maximum atomic E-state index is 5.62. The van der Waals surface area contributed by atoms with Crippen molar-refractivity contribution in [3.8, 4) is 0 Å². The fourth-order valence-corrected chi connectivity index (χ4v) is 2.74. The van der Waals surface area contributed by atoms with Crippen molar-refractivity contribution in [2.75, 3.05) is 33.5 Å². The van der Waals surface area contributed by atoms with Crippen LogP contribution in [-0.2, 0) is 14.2 Å². The Bertz CT molecular complexity index is 219. The molecule has 1 heterocycles. The van der Waals surface area contributed by atoms with Gasteiger partial charge >= 0.3 is 0 Å². The number of hydrogen-bond donors (Lipinski definition) is 1. The molecule has 3 atom stereocenters. The highest BCUT2D eigenvalue weighted by Crippen LogP contribution is 2.27. The van der Waals surface area contributed by atoms with Crippen molar-refractivity contribution in [2.45, 2.75) is 44.4 Å². The van der Waals surface area contributed by atoms with Gasteiger partial charge in [-0.1, -0.05) is 0 Å². The maximum Gasteiger partial charge on any atom is 0.0986 e. The van der Waals surface area contributed by atoms with Gasteiger partial charge in [0, 0.05) is 33.0 Å². The normalized spacial score (nSPS) is 34.6. The molecule has 2 fully saturated rings. The number of hydrogen-bond acceptors (Lipinski definition) is 4. The van der Waals surface area contributed by atoms with E-state index in [1.807, 2.05) is 6.92 Å². The zero-order valence-corrected chi connectivity index (χ0v) is 11.0. The predicted octanol–water partition coefficient (Wildman–Crippen LogP) is 1.19. The van der Waals surface area contributed by atoms with Gasteiger partial charge in [0.05, 0.1) is 12.2 Å². The molecule has 0 aromatic rings. The van der Waals surface area contributed by atoms with E-state index in [0.717, 1.165) is 38.7 Å². The number of ether oxygens (including phenoxy) is 3. The van der Waals surface area contributed by atoms with E-state index in [0.29, 0.717) is 6.04 Å². The Kier molecular flexibility index (Phi) is 5.22. The van der Waals surface area contributed by atoms with E-state index in [9.17, 15) is 0 Å². The lowest BCUT2D eigenvalue weighted by atomic mass is 9.84. The van der Waals surface area contributed by atoms with Crippen LogP contribution in [0.15, 0.2) is 0 Å². The van der Waals surface area contributed by atoms with Gasteiger partial charge in [-0.2, -0.15) is 0 Å². The lowest BCUT2D eigenvalue weighted by molar-refractivity contribution is -0.132. The van der Waals surface area contributed by atoms with Crippen molar-refractivity contribution < 1.29 is 14.2 Å². The first-order valence-electron chi connectivity index (χ1n) is 6.80. The Labute approximate surface area is 104 Å². The van der Waals surface area contributed by atoms with Crippen LogP contribution in [-0.4, -0.2) is 51.7 Å². The molecule has 2 rings (SSSR count). The van der Waals surface area contributed by atoms with Crippen LogP contribution in [0.25, 0.3) is 0 Å². The maximum absolute atomic E-state index is 5.62. The van der Waals surface area contributed by atoms with E-state index >= 15 is 0 Å². The monoisotopic (exact) mass is 243 g/mol. The summed E-state index contributed by atoms with van der Waals surface area (Å²) in [5, 5.41) is 3.62. The average Bonchev–Trinajstić information content (AvgIpc) is 2.34. The van der Waals surface area contributed by atoms with Crippen LogP contribution in [0.1, 0.15) is 26.2 Å². The van der Waals surface area contributed by atoms with Crippen molar-refractivity contribution in [3.63, 3.8) is 0 Å². The molecule has 3 unspecified atom stereocenters. The third kappa shape index (κ3) is 3.41. The standard InChI is InChI=1S/C13H25NO3/c1-3-17-12-8-11(13(12)15-2)14-9-10-4-6-16-7-5-10/h10-14H,3-9H2,1-2H3. The van der Waals surface area contributed by atoms with Crippen molar-refractivity contribution in [2.24, 2.45) is 5.92 Å². The highest BCUT2D eigenvalue weighted by Gasteiger charge is 2.41. The van der Waals surface area contributed by atoms with Gasteiger partial charge < -0.3 is 19.5 Å². The summed E-state index contributed by atoms with van der Waals surface area (Å²) in [7, 11) is 1.78. The fourth-order valence-electron chi connectivity index (χ4n) is 2.74. The molecule has 4 heteroatoms. The molecule has 2 aliphatic rings. The van der Waals surface area contributed by atoms with E-state index in [1.165, 1.54) is 12.8 Å². The molecule has 1 aliphatic carbocycles. The van der Waals surface area contributed by atoms with Gasteiger partial charge in [-0.3, -0.25) is 0 Å².